The van der Waals surface area contributed by atoms with Gasteiger partial charge in [0.1, 0.15) is 0 Å². The van der Waals surface area contributed by atoms with Crippen molar-refractivity contribution in [1.82, 2.24) is 0 Å². The van der Waals surface area contributed by atoms with Crippen LogP contribution in [0.4, 0.5) is 0 Å². The zero-order valence-electron chi connectivity index (χ0n) is 12.3. The molecule has 0 saturated carbocycles. The second-order valence-corrected chi connectivity index (χ2v) is 4.49. The van der Waals surface area contributed by atoms with Gasteiger partial charge in [-0.05, 0) is 32.9 Å². The highest BCUT2D eigenvalue weighted by Gasteiger charge is 2.48. The standard InChI is InChI=1S/C15H16O6/c1-9(16)15(10(2)17,11(3)18)21-14-8-6-5-7-13(14)20-12(4)19/h5-8H,1-4H3. The molecule has 21 heavy (non-hydrogen) atoms. The van der Waals surface area contributed by atoms with E-state index >= 15 is 0 Å². The Labute approximate surface area is 122 Å². The molecule has 0 N–H and O–H groups in total. The molecule has 0 aliphatic heterocycles. The molecule has 0 unspecified atom stereocenters. The number of benzene rings is 1. The monoisotopic (exact) mass is 292 g/mol. The van der Waals surface area contributed by atoms with E-state index in [1.165, 1.54) is 19.1 Å². The normalized spacial score (nSPS) is 10.7. The van der Waals surface area contributed by atoms with Gasteiger partial charge in [-0.3, -0.25) is 19.2 Å². The smallest absolute Gasteiger partial charge is 0.308 e. The Balaban J connectivity index is 3.34. The Morgan fingerprint density at radius 2 is 1.24 bits per heavy atom. The number of hydrogen-bond acceptors (Lipinski definition) is 6. The van der Waals surface area contributed by atoms with E-state index in [2.05, 4.69) is 0 Å². The Morgan fingerprint density at radius 1 is 0.810 bits per heavy atom. The highest BCUT2D eigenvalue weighted by molar-refractivity contribution is 6.26. The summed E-state index contributed by atoms with van der Waals surface area (Å²) in [5, 5.41) is 0. The minimum atomic E-state index is -2.23. The first-order valence-electron chi connectivity index (χ1n) is 6.21. The summed E-state index contributed by atoms with van der Waals surface area (Å²) >= 11 is 0. The number of ether oxygens (including phenoxy) is 2. The van der Waals surface area contributed by atoms with E-state index in [4.69, 9.17) is 9.47 Å². The van der Waals surface area contributed by atoms with Gasteiger partial charge in [0.05, 0.1) is 0 Å². The molecule has 0 amide bonds. The third-order valence-corrected chi connectivity index (χ3v) is 2.85. The summed E-state index contributed by atoms with van der Waals surface area (Å²) in [7, 11) is 0. The predicted molar refractivity (Wildman–Crippen MR) is 73.2 cm³/mol. The van der Waals surface area contributed by atoms with Crippen LogP contribution in [0.5, 0.6) is 11.5 Å². The Kier molecular flexibility index (Phi) is 4.97. The molecule has 0 heterocycles. The van der Waals surface area contributed by atoms with Crippen molar-refractivity contribution in [2.75, 3.05) is 0 Å². The lowest BCUT2D eigenvalue weighted by atomic mass is 9.90. The Hall–Kier alpha value is -2.50. The van der Waals surface area contributed by atoms with Gasteiger partial charge in [0.15, 0.2) is 28.8 Å². The third-order valence-electron chi connectivity index (χ3n) is 2.85. The summed E-state index contributed by atoms with van der Waals surface area (Å²) < 4.78 is 10.3. The van der Waals surface area contributed by atoms with Crippen molar-refractivity contribution in [3.05, 3.63) is 24.3 Å². The van der Waals surface area contributed by atoms with Crippen LogP contribution in [0.15, 0.2) is 24.3 Å². The number of Topliss-reactive ketones (excluding diaryl/α,β-unsaturated/α-hetero) is 3. The molecule has 0 aliphatic carbocycles. The first kappa shape index (κ1) is 16.6. The maximum Gasteiger partial charge on any atom is 0.308 e. The highest BCUT2D eigenvalue weighted by atomic mass is 16.6. The number of carbonyl (C=O) groups is 4. The van der Waals surface area contributed by atoms with E-state index in [1.54, 1.807) is 12.1 Å². The molecule has 0 bridgehead atoms. The van der Waals surface area contributed by atoms with Crippen LogP contribution in [-0.2, 0) is 19.2 Å². The van der Waals surface area contributed by atoms with Crippen molar-refractivity contribution < 1.29 is 28.7 Å². The molecule has 0 aliphatic rings. The first-order valence-corrected chi connectivity index (χ1v) is 6.21. The molecule has 112 valence electrons. The summed E-state index contributed by atoms with van der Waals surface area (Å²) in [4.78, 5) is 46.5. The van der Waals surface area contributed by atoms with Gasteiger partial charge in [-0.1, -0.05) is 12.1 Å². The molecular formula is C15H16O6. The van der Waals surface area contributed by atoms with E-state index in [1.807, 2.05) is 0 Å². The van der Waals surface area contributed by atoms with E-state index in [0.717, 1.165) is 20.8 Å². The van der Waals surface area contributed by atoms with Crippen LogP contribution in [0, 0.1) is 0 Å². The van der Waals surface area contributed by atoms with Crippen LogP contribution in [0.2, 0.25) is 0 Å². The number of hydrogen-bond donors (Lipinski definition) is 0. The van der Waals surface area contributed by atoms with Crippen LogP contribution in [0.3, 0.4) is 0 Å². The molecule has 0 spiro atoms. The average molecular weight is 292 g/mol. The van der Waals surface area contributed by atoms with Gasteiger partial charge < -0.3 is 9.47 Å². The molecule has 0 saturated heterocycles. The summed E-state index contributed by atoms with van der Waals surface area (Å²) in [5.41, 5.74) is -2.23. The summed E-state index contributed by atoms with van der Waals surface area (Å²) in [6.07, 6.45) is 0. The topological polar surface area (TPSA) is 86.7 Å². The molecule has 0 atom stereocenters. The number of rotatable bonds is 6. The van der Waals surface area contributed by atoms with E-state index < -0.39 is 28.9 Å². The van der Waals surface area contributed by atoms with Crippen LogP contribution in [0.25, 0.3) is 0 Å². The fourth-order valence-corrected chi connectivity index (χ4v) is 1.90. The second-order valence-electron chi connectivity index (χ2n) is 4.49. The minimum absolute atomic E-state index is 0.0260. The van der Waals surface area contributed by atoms with Crippen molar-refractivity contribution in [3.63, 3.8) is 0 Å². The molecule has 1 rings (SSSR count). The lowest BCUT2D eigenvalue weighted by Crippen LogP contribution is -2.55. The zero-order chi connectivity index (χ0) is 16.2. The van der Waals surface area contributed by atoms with Crippen molar-refractivity contribution in [3.8, 4) is 11.5 Å². The fraction of sp³-hybridized carbons (Fsp3) is 0.333. The van der Waals surface area contributed by atoms with Gasteiger partial charge in [-0.15, -0.1) is 0 Å². The first-order chi connectivity index (χ1) is 9.71. The van der Waals surface area contributed by atoms with Crippen molar-refractivity contribution in [2.24, 2.45) is 0 Å². The number of ketones is 3. The molecule has 1 aromatic carbocycles. The van der Waals surface area contributed by atoms with Gasteiger partial charge >= 0.3 is 5.97 Å². The maximum absolute atomic E-state index is 11.8. The van der Waals surface area contributed by atoms with Crippen molar-refractivity contribution >= 4 is 23.3 Å². The summed E-state index contributed by atoms with van der Waals surface area (Å²) in [6.45, 7) is 4.48. The number of carbonyl (C=O) groups excluding carboxylic acids is 4. The second kappa shape index (κ2) is 6.30. The van der Waals surface area contributed by atoms with Gasteiger partial charge in [0.25, 0.3) is 5.60 Å². The van der Waals surface area contributed by atoms with Gasteiger partial charge in [0.2, 0.25) is 0 Å². The molecular weight excluding hydrogens is 276 g/mol. The van der Waals surface area contributed by atoms with Crippen LogP contribution in [-0.4, -0.2) is 28.9 Å². The Bertz CT molecular complexity index is 566. The quantitative estimate of drug-likeness (QED) is 0.448. The lowest BCUT2D eigenvalue weighted by molar-refractivity contribution is -0.153. The molecule has 0 aromatic heterocycles. The van der Waals surface area contributed by atoms with Crippen molar-refractivity contribution in [1.29, 1.82) is 0 Å². The molecule has 1 aromatic rings. The SMILES string of the molecule is CC(=O)Oc1ccccc1OC(C(C)=O)(C(C)=O)C(C)=O. The van der Waals surface area contributed by atoms with Gasteiger partial charge in [-0.2, -0.15) is 0 Å². The minimum Gasteiger partial charge on any atom is -0.460 e. The van der Waals surface area contributed by atoms with Crippen LogP contribution < -0.4 is 9.47 Å². The number of esters is 1. The number of para-hydroxylation sites is 2. The summed E-state index contributed by atoms with van der Waals surface area (Å²) in [5.74, 6) is -2.81. The van der Waals surface area contributed by atoms with Crippen LogP contribution in [0.1, 0.15) is 27.7 Å². The zero-order valence-corrected chi connectivity index (χ0v) is 12.3. The predicted octanol–water partition coefficient (Wildman–Crippen LogP) is 1.50. The van der Waals surface area contributed by atoms with Crippen molar-refractivity contribution in [2.45, 2.75) is 33.3 Å². The largest absolute Gasteiger partial charge is 0.460 e. The fourth-order valence-electron chi connectivity index (χ4n) is 1.90. The molecule has 6 nitrogen and oxygen atoms in total. The van der Waals surface area contributed by atoms with Crippen LogP contribution >= 0.6 is 0 Å². The van der Waals surface area contributed by atoms with E-state index in [9.17, 15) is 19.2 Å². The third kappa shape index (κ3) is 3.34. The average Bonchev–Trinajstić information content (AvgIpc) is 2.35. The molecule has 6 heteroatoms. The lowest BCUT2D eigenvalue weighted by Gasteiger charge is -2.27. The Morgan fingerprint density at radius 3 is 1.62 bits per heavy atom. The van der Waals surface area contributed by atoms with E-state index in [-0.39, 0.29) is 11.5 Å². The summed E-state index contributed by atoms with van der Waals surface area (Å²) in [6, 6.07) is 5.99. The van der Waals surface area contributed by atoms with Gasteiger partial charge in [0, 0.05) is 6.92 Å². The molecule has 0 fully saturated rings. The maximum atomic E-state index is 11.8. The van der Waals surface area contributed by atoms with Gasteiger partial charge in [-0.25, -0.2) is 0 Å². The van der Waals surface area contributed by atoms with E-state index in [0.29, 0.717) is 0 Å². The highest BCUT2D eigenvalue weighted by Crippen LogP contribution is 2.31. The molecule has 0 radical (unpaired) electrons.